The summed E-state index contributed by atoms with van der Waals surface area (Å²) in [4.78, 5) is 10.3. The second kappa shape index (κ2) is 7.88. The lowest BCUT2D eigenvalue weighted by Crippen LogP contribution is -2.07. The Morgan fingerprint density at radius 2 is 1.88 bits per heavy atom. The summed E-state index contributed by atoms with van der Waals surface area (Å²) in [6, 6.07) is 6.87. The van der Waals surface area contributed by atoms with Crippen molar-refractivity contribution in [3.8, 4) is 5.75 Å². The van der Waals surface area contributed by atoms with Gasteiger partial charge in [0.15, 0.2) is 0 Å². The Balaban J connectivity index is 2.14. The Hall–Kier alpha value is -1.35. The van der Waals surface area contributed by atoms with E-state index in [9.17, 15) is 4.79 Å². The zero-order valence-corrected chi connectivity index (χ0v) is 9.57. The minimum absolute atomic E-state index is 0.534. The average molecular weight is 221 g/mol. The Morgan fingerprint density at radius 1 is 1.12 bits per heavy atom. The molecule has 0 heterocycles. The number of rotatable bonds is 8. The molecule has 0 aliphatic heterocycles. The summed E-state index contributed by atoms with van der Waals surface area (Å²) < 4.78 is 10.8. The van der Waals surface area contributed by atoms with E-state index in [1.54, 1.807) is 24.3 Å². The summed E-state index contributed by atoms with van der Waals surface area (Å²) in [6.07, 6.45) is 4.04. The van der Waals surface area contributed by atoms with Crippen LogP contribution in [0, 0.1) is 0 Å². The number of hydrogen-bond donors (Lipinski definition) is 0. The van der Waals surface area contributed by atoms with Crippen molar-refractivity contribution < 1.29 is 14.3 Å². The van der Waals surface area contributed by atoms with E-state index >= 15 is 0 Å². The highest BCUT2D eigenvalue weighted by Gasteiger charge is 1.95. The molecule has 0 aliphatic carbocycles. The predicted octanol–water partition coefficient (Wildman–Crippen LogP) is 2.34. The molecule has 0 unspecified atom stereocenters. The zero-order valence-electron chi connectivity index (χ0n) is 9.57. The fourth-order valence-corrected chi connectivity index (χ4v) is 1.19. The molecular weight excluding hydrogens is 204 g/mol. The molecule has 1 rings (SSSR count). The fraction of sp³-hybridized carbons (Fsp3) is 0.462. The third-order valence-electron chi connectivity index (χ3n) is 2.11. The lowest BCUT2D eigenvalue weighted by molar-refractivity contribution is 0.0980. The van der Waals surface area contributed by atoms with Crippen LogP contribution in [0.4, 0.5) is 0 Å². The van der Waals surface area contributed by atoms with Crippen molar-refractivity contribution in [2.45, 2.75) is 19.8 Å². The van der Waals surface area contributed by atoms with Gasteiger partial charge in [-0.2, -0.15) is 0 Å². The van der Waals surface area contributed by atoms with Gasteiger partial charge in [-0.3, -0.25) is 4.79 Å². The molecule has 0 N–H and O–H groups in total. The Labute approximate surface area is 96.4 Å². The highest BCUT2D eigenvalue weighted by atomic mass is 16.5. The van der Waals surface area contributed by atoms with Gasteiger partial charge in [0, 0.05) is 12.2 Å². The maximum Gasteiger partial charge on any atom is 0.233 e. The lowest BCUT2D eigenvalue weighted by Gasteiger charge is -2.06. The summed E-state index contributed by atoms with van der Waals surface area (Å²) in [7, 11) is 0. The molecule has 0 aliphatic rings. The normalized spacial score (nSPS) is 10.1. The molecule has 1 aromatic carbocycles. The summed E-state index contributed by atoms with van der Waals surface area (Å²) in [5, 5.41) is 0. The van der Waals surface area contributed by atoms with Gasteiger partial charge in [0.2, 0.25) is 6.29 Å². The molecule has 0 amide bonds. The van der Waals surface area contributed by atoms with E-state index in [0.29, 0.717) is 18.8 Å². The van der Waals surface area contributed by atoms with Crippen molar-refractivity contribution in [3.63, 3.8) is 0 Å². The molecule has 1 radical (unpaired) electrons. The quantitative estimate of drug-likeness (QED) is 0.632. The van der Waals surface area contributed by atoms with Gasteiger partial charge in [-0.05, 0) is 30.7 Å². The second-order valence-electron chi connectivity index (χ2n) is 3.44. The van der Waals surface area contributed by atoms with Gasteiger partial charge >= 0.3 is 0 Å². The van der Waals surface area contributed by atoms with Crippen molar-refractivity contribution in [2.75, 3.05) is 19.8 Å². The van der Waals surface area contributed by atoms with Crippen LogP contribution in [0.1, 0.15) is 25.3 Å². The van der Waals surface area contributed by atoms with Crippen molar-refractivity contribution in [3.05, 3.63) is 29.8 Å². The van der Waals surface area contributed by atoms with Crippen LogP contribution < -0.4 is 4.74 Å². The molecule has 0 bridgehead atoms. The highest BCUT2D eigenvalue weighted by molar-refractivity contribution is 5.75. The first-order valence-corrected chi connectivity index (χ1v) is 5.55. The van der Waals surface area contributed by atoms with Crippen LogP contribution in [0.5, 0.6) is 5.75 Å². The van der Waals surface area contributed by atoms with E-state index in [1.807, 2.05) is 6.29 Å². The molecule has 0 aromatic heterocycles. The fourth-order valence-electron chi connectivity index (χ4n) is 1.19. The van der Waals surface area contributed by atoms with Crippen LogP contribution in [0.15, 0.2) is 24.3 Å². The van der Waals surface area contributed by atoms with Gasteiger partial charge in [0.25, 0.3) is 0 Å². The molecular formula is C13H17O3. The molecule has 0 spiro atoms. The topological polar surface area (TPSA) is 35.5 Å². The summed E-state index contributed by atoms with van der Waals surface area (Å²) in [6.45, 7) is 4.06. The third kappa shape index (κ3) is 4.94. The Bertz CT molecular complexity index is 293. The van der Waals surface area contributed by atoms with E-state index in [4.69, 9.17) is 9.47 Å². The van der Waals surface area contributed by atoms with Gasteiger partial charge < -0.3 is 9.47 Å². The third-order valence-corrected chi connectivity index (χ3v) is 2.11. The zero-order chi connectivity index (χ0) is 11.6. The molecule has 1 aromatic rings. The SMILES string of the molecule is CCCCOCCOc1ccc([C]=O)cc1. The van der Waals surface area contributed by atoms with Crippen LogP contribution in [0.25, 0.3) is 0 Å². The maximum absolute atomic E-state index is 10.3. The molecule has 87 valence electrons. The first-order chi connectivity index (χ1) is 7.86. The molecule has 0 fully saturated rings. The van der Waals surface area contributed by atoms with Gasteiger partial charge in [-0.15, -0.1) is 0 Å². The molecule has 3 nitrogen and oxygen atoms in total. The van der Waals surface area contributed by atoms with Crippen molar-refractivity contribution in [1.29, 1.82) is 0 Å². The van der Waals surface area contributed by atoms with E-state index in [-0.39, 0.29) is 0 Å². The standard InChI is InChI=1S/C13H17O3/c1-2-3-8-15-9-10-16-13-6-4-12(11-14)5-7-13/h4-7H,2-3,8-10H2,1H3. The van der Waals surface area contributed by atoms with E-state index in [1.165, 1.54) is 0 Å². The van der Waals surface area contributed by atoms with Crippen molar-refractivity contribution >= 4 is 6.29 Å². The van der Waals surface area contributed by atoms with Crippen LogP contribution >= 0.6 is 0 Å². The Kier molecular flexibility index (Phi) is 6.26. The Morgan fingerprint density at radius 3 is 2.50 bits per heavy atom. The highest BCUT2D eigenvalue weighted by Crippen LogP contribution is 2.10. The van der Waals surface area contributed by atoms with Gasteiger partial charge in [-0.1, -0.05) is 13.3 Å². The summed E-state index contributed by atoms with van der Waals surface area (Å²) >= 11 is 0. The smallest absolute Gasteiger partial charge is 0.233 e. The monoisotopic (exact) mass is 221 g/mol. The number of hydrogen-bond acceptors (Lipinski definition) is 3. The largest absolute Gasteiger partial charge is 0.491 e. The summed E-state index contributed by atoms with van der Waals surface area (Å²) in [5.41, 5.74) is 0.534. The predicted molar refractivity (Wildman–Crippen MR) is 62.5 cm³/mol. The molecule has 0 atom stereocenters. The van der Waals surface area contributed by atoms with Crippen LogP contribution in [-0.2, 0) is 9.53 Å². The van der Waals surface area contributed by atoms with Gasteiger partial charge in [0.1, 0.15) is 12.4 Å². The molecule has 16 heavy (non-hydrogen) atoms. The van der Waals surface area contributed by atoms with Crippen LogP contribution in [0.3, 0.4) is 0 Å². The van der Waals surface area contributed by atoms with Crippen molar-refractivity contribution in [2.24, 2.45) is 0 Å². The lowest BCUT2D eigenvalue weighted by atomic mass is 10.2. The number of carbonyl (C=O) groups excluding carboxylic acids is 1. The molecule has 0 saturated carbocycles. The van der Waals surface area contributed by atoms with Gasteiger partial charge in [-0.25, -0.2) is 0 Å². The number of ether oxygens (including phenoxy) is 2. The summed E-state index contributed by atoms with van der Waals surface area (Å²) in [5.74, 6) is 0.748. The number of unbranched alkanes of at least 4 members (excludes halogenated alkanes) is 1. The van der Waals surface area contributed by atoms with Crippen LogP contribution in [0.2, 0.25) is 0 Å². The first-order valence-electron chi connectivity index (χ1n) is 5.55. The van der Waals surface area contributed by atoms with E-state index < -0.39 is 0 Å². The average Bonchev–Trinajstić information content (AvgIpc) is 2.34. The minimum atomic E-state index is 0.534. The van der Waals surface area contributed by atoms with Crippen LogP contribution in [-0.4, -0.2) is 26.1 Å². The van der Waals surface area contributed by atoms with E-state index in [0.717, 1.165) is 25.2 Å². The first kappa shape index (κ1) is 12.7. The van der Waals surface area contributed by atoms with Gasteiger partial charge in [0.05, 0.1) is 6.61 Å². The second-order valence-corrected chi connectivity index (χ2v) is 3.44. The molecule has 0 saturated heterocycles. The maximum atomic E-state index is 10.3. The van der Waals surface area contributed by atoms with E-state index in [2.05, 4.69) is 6.92 Å². The number of benzene rings is 1. The molecule has 3 heteroatoms. The minimum Gasteiger partial charge on any atom is -0.491 e. The van der Waals surface area contributed by atoms with Crippen molar-refractivity contribution in [1.82, 2.24) is 0 Å².